The van der Waals surface area contributed by atoms with Gasteiger partial charge in [0.1, 0.15) is 6.04 Å². The molecular weight excluding hydrogens is 380 g/mol. The Morgan fingerprint density at radius 2 is 1.68 bits per heavy atom. The van der Waals surface area contributed by atoms with E-state index in [1.165, 1.54) is 0 Å². The van der Waals surface area contributed by atoms with Gasteiger partial charge in [0.15, 0.2) is 5.96 Å². The summed E-state index contributed by atoms with van der Waals surface area (Å²) < 4.78 is 0. The van der Waals surface area contributed by atoms with Crippen molar-refractivity contribution in [3.05, 3.63) is 53.6 Å². The molecule has 0 radical (unpaired) electrons. The number of nitrogens with one attached hydrogen (secondary N) is 3. The standard InChI is InChI=1S/C19H21ClN6O2/c1-12(23-19(28)25-15-4-2-13(20)3-5-15)17(27)24-14-6-8-16(9-7-14)26-11-10-22-18(26)21/h2-9,12H,10-11H2,1H3,(H2,21,22)(H,24,27)(H2,23,25,28). The number of nitrogens with two attached hydrogens (primary N) is 1. The van der Waals surface area contributed by atoms with Crippen LogP contribution in [0.3, 0.4) is 0 Å². The highest BCUT2D eigenvalue weighted by atomic mass is 35.5. The zero-order valence-corrected chi connectivity index (χ0v) is 16.0. The normalized spacial score (nSPS) is 14.2. The number of carbonyl (C=O) groups excluding carboxylic acids is 2. The first kappa shape index (κ1) is 19.5. The van der Waals surface area contributed by atoms with Crippen LogP contribution >= 0.6 is 11.6 Å². The summed E-state index contributed by atoms with van der Waals surface area (Å²) in [5.74, 6) is 0.155. The highest BCUT2D eigenvalue weighted by Crippen LogP contribution is 2.19. The molecule has 0 aliphatic carbocycles. The number of amides is 3. The van der Waals surface area contributed by atoms with Crippen molar-refractivity contribution in [1.29, 1.82) is 0 Å². The van der Waals surface area contributed by atoms with Gasteiger partial charge in [0.25, 0.3) is 0 Å². The third kappa shape index (κ3) is 4.92. The lowest BCUT2D eigenvalue weighted by Gasteiger charge is -2.18. The minimum Gasteiger partial charge on any atom is -0.370 e. The summed E-state index contributed by atoms with van der Waals surface area (Å²) in [5, 5.41) is 8.58. The second-order valence-corrected chi connectivity index (χ2v) is 6.69. The molecule has 0 saturated heterocycles. The lowest BCUT2D eigenvalue weighted by Crippen LogP contribution is -2.43. The maximum absolute atomic E-state index is 12.3. The van der Waals surface area contributed by atoms with Crippen LogP contribution in [0.15, 0.2) is 53.5 Å². The molecule has 3 rings (SSSR count). The Morgan fingerprint density at radius 1 is 1.07 bits per heavy atom. The molecule has 3 amide bonds. The Bertz CT molecular complexity index is 882. The molecule has 2 aromatic carbocycles. The van der Waals surface area contributed by atoms with Crippen molar-refractivity contribution < 1.29 is 9.59 Å². The van der Waals surface area contributed by atoms with Crippen molar-refractivity contribution in [3.63, 3.8) is 0 Å². The van der Waals surface area contributed by atoms with Gasteiger partial charge in [-0.1, -0.05) is 11.6 Å². The van der Waals surface area contributed by atoms with Crippen LogP contribution in [-0.4, -0.2) is 37.0 Å². The van der Waals surface area contributed by atoms with Gasteiger partial charge in [0, 0.05) is 28.6 Å². The van der Waals surface area contributed by atoms with E-state index in [2.05, 4.69) is 20.9 Å². The third-order valence-electron chi connectivity index (χ3n) is 4.16. The Balaban J connectivity index is 1.51. The van der Waals surface area contributed by atoms with Gasteiger partial charge in [0.2, 0.25) is 5.91 Å². The van der Waals surface area contributed by atoms with E-state index in [4.69, 9.17) is 17.3 Å². The average molecular weight is 401 g/mol. The number of guanidine groups is 1. The average Bonchev–Trinajstić information content (AvgIpc) is 3.10. The summed E-state index contributed by atoms with van der Waals surface area (Å²) in [6.07, 6.45) is 0. The largest absolute Gasteiger partial charge is 0.370 e. The fraction of sp³-hybridized carbons (Fsp3) is 0.211. The number of hydrogen-bond acceptors (Lipinski definition) is 5. The molecule has 0 fully saturated rings. The molecule has 0 spiro atoms. The molecule has 2 aromatic rings. The Kier molecular flexibility index (Phi) is 6.00. The van der Waals surface area contributed by atoms with Crippen LogP contribution in [0, 0.1) is 0 Å². The van der Waals surface area contributed by atoms with Crippen LogP contribution < -0.4 is 26.6 Å². The molecule has 0 aromatic heterocycles. The first-order valence-corrected chi connectivity index (χ1v) is 9.11. The van der Waals surface area contributed by atoms with E-state index in [9.17, 15) is 9.59 Å². The Morgan fingerprint density at radius 3 is 2.29 bits per heavy atom. The maximum atomic E-state index is 12.3. The Labute approximate surface area is 167 Å². The fourth-order valence-corrected chi connectivity index (χ4v) is 2.79. The van der Waals surface area contributed by atoms with Crippen molar-refractivity contribution in [1.82, 2.24) is 5.32 Å². The summed E-state index contributed by atoms with van der Waals surface area (Å²) in [5.41, 5.74) is 7.94. The number of urea groups is 1. The predicted octanol–water partition coefficient (Wildman–Crippen LogP) is 2.62. The van der Waals surface area contributed by atoms with E-state index in [-0.39, 0.29) is 5.91 Å². The topological polar surface area (TPSA) is 112 Å². The molecule has 0 bridgehead atoms. The number of hydrogen-bond donors (Lipinski definition) is 4. The van der Waals surface area contributed by atoms with Gasteiger partial charge in [-0.15, -0.1) is 0 Å². The maximum Gasteiger partial charge on any atom is 0.319 e. The van der Waals surface area contributed by atoms with E-state index in [1.54, 1.807) is 43.3 Å². The number of carbonyl (C=O) groups is 2. The second-order valence-electron chi connectivity index (χ2n) is 6.25. The quantitative estimate of drug-likeness (QED) is 0.618. The molecule has 1 heterocycles. The molecule has 9 heteroatoms. The van der Waals surface area contributed by atoms with E-state index >= 15 is 0 Å². The zero-order chi connectivity index (χ0) is 20.1. The lowest BCUT2D eigenvalue weighted by atomic mass is 10.2. The van der Waals surface area contributed by atoms with Gasteiger partial charge in [-0.05, 0) is 55.5 Å². The molecule has 0 saturated carbocycles. The van der Waals surface area contributed by atoms with Gasteiger partial charge >= 0.3 is 6.03 Å². The molecule has 8 nitrogen and oxygen atoms in total. The number of benzene rings is 2. The molecule has 1 unspecified atom stereocenters. The van der Waals surface area contributed by atoms with Crippen LogP contribution in [-0.2, 0) is 4.79 Å². The highest BCUT2D eigenvalue weighted by Gasteiger charge is 2.17. The highest BCUT2D eigenvalue weighted by molar-refractivity contribution is 6.30. The van der Waals surface area contributed by atoms with Gasteiger partial charge in [0.05, 0.1) is 6.54 Å². The second kappa shape index (κ2) is 8.62. The summed E-state index contributed by atoms with van der Waals surface area (Å²) in [4.78, 5) is 30.4. The monoisotopic (exact) mass is 400 g/mol. The number of aliphatic imine (C=N–C) groups is 1. The van der Waals surface area contributed by atoms with Gasteiger partial charge in [-0.25, -0.2) is 4.79 Å². The Hall–Kier alpha value is -3.26. The third-order valence-corrected chi connectivity index (χ3v) is 4.42. The van der Waals surface area contributed by atoms with Crippen molar-refractivity contribution in [2.45, 2.75) is 13.0 Å². The van der Waals surface area contributed by atoms with E-state index < -0.39 is 12.1 Å². The lowest BCUT2D eigenvalue weighted by molar-refractivity contribution is -0.117. The van der Waals surface area contributed by atoms with Crippen molar-refractivity contribution in [2.24, 2.45) is 10.7 Å². The van der Waals surface area contributed by atoms with Crippen LogP contribution in [0.25, 0.3) is 0 Å². The van der Waals surface area contributed by atoms with Gasteiger partial charge < -0.3 is 26.6 Å². The first-order valence-electron chi connectivity index (χ1n) is 8.74. The van der Waals surface area contributed by atoms with Crippen LogP contribution in [0.1, 0.15) is 6.92 Å². The molecule has 1 aliphatic heterocycles. The number of nitrogens with zero attached hydrogens (tertiary/aromatic N) is 2. The van der Waals surface area contributed by atoms with Gasteiger partial charge in [-0.2, -0.15) is 0 Å². The van der Waals surface area contributed by atoms with E-state index in [0.29, 0.717) is 28.9 Å². The number of halogens is 1. The van der Waals surface area contributed by atoms with Crippen LogP contribution in [0.5, 0.6) is 0 Å². The van der Waals surface area contributed by atoms with Crippen molar-refractivity contribution in [3.8, 4) is 0 Å². The first-order chi connectivity index (χ1) is 13.4. The zero-order valence-electron chi connectivity index (χ0n) is 15.3. The van der Waals surface area contributed by atoms with Crippen LogP contribution in [0.2, 0.25) is 5.02 Å². The van der Waals surface area contributed by atoms with E-state index in [0.717, 1.165) is 12.2 Å². The minimum atomic E-state index is -0.728. The number of rotatable bonds is 5. The fourth-order valence-electron chi connectivity index (χ4n) is 2.66. The smallest absolute Gasteiger partial charge is 0.319 e. The summed E-state index contributed by atoms with van der Waals surface area (Å²) in [7, 11) is 0. The molecule has 146 valence electrons. The van der Waals surface area contributed by atoms with Crippen molar-refractivity contribution in [2.75, 3.05) is 28.6 Å². The van der Waals surface area contributed by atoms with Crippen LogP contribution in [0.4, 0.5) is 21.9 Å². The minimum absolute atomic E-state index is 0.332. The SMILES string of the molecule is CC(NC(=O)Nc1ccc(Cl)cc1)C(=O)Nc1ccc(N2CCN=C2N)cc1. The predicted molar refractivity (Wildman–Crippen MR) is 112 cm³/mol. The summed E-state index contributed by atoms with van der Waals surface area (Å²) >= 11 is 5.81. The van der Waals surface area contributed by atoms with Gasteiger partial charge in [-0.3, -0.25) is 9.79 Å². The molecular formula is C19H21ClN6O2. The molecule has 1 atom stereocenters. The summed E-state index contributed by atoms with van der Waals surface area (Å²) in [6, 6.07) is 12.7. The number of anilines is 3. The molecule has 5 N–H and O–H groups in total. The van der Waals surface area contributed by atoms with Crippen molar-refractivity contribution >= 4 is 46.6 Å². The summed E-state index contributed by atoms with van der Waals surface area (Å²) in [6.45, 7) is 3.01. The van der Waals surface area contributed by atoms with E-state index in [1.807, 2.05) is 17.0 Å². The molecule has 1 aliphatic rings. The molecule has 28 heavy (non-hydrogen) atoms.